The van der Waals surface area contributed by atoms with Crippen LogP contribution in [0.2, 0.25) is 0 Å². The number of rotatable bonds is 3. The van der Waals surface area contributed by atoms with E-state index in [0.717, 1.165) is 12.0 Å². The Morgan fingerprint density at radius 2 is 2.16 bits per heavy atom. The molecule has 0 aromatic carbocycles. The molecule has 0 bridgehead atoms. The second-order valence-corrected chi connectivity index (χ2v) is 5.80. The topological polar surface area (TPSA) is 63.6 Å². The van der Waals surface area contributed by atoms with Crippen molar-refractivity contribution in [3.8, 4) is 0 Å². The summed E-state index contributed by atoms with van der Waals surface area (Å²) in [7, 11) is 0. The number of ketones is 1. The fourth-order valence-corrected chi connectivity index (χ4v) is 2.86. The first-order chi connectivity index (χ1) is 8.83. The van der Waals surface area contributed by atoms with Gasteiger partial charge in [-0.25, -0.2) is 4.79 Å². The van der Waals surface area contributed by atoms with Gasteiger partial charge in [-0.2, -0.15) is 0 Å². The second-order valence-electron chi connectivity index (χ2n) is 5.80. The van der Waals surface area contributed by atoms with Crippen molar-refractivity contribution >= 4 is 11.8 Å². The normalized spacial score (nSPS) is 34.9. The minimum absolute atomic E-state index is 0.0808. The van der Waals surface area contributed by atoms with E-state index >= 15 is 0 Å². The molecule has 0 aromatic heterocycles. The van der Waals surface area contributed by atoms with Gasteiger partial charge in [0, 0.05) is 12.0 Å². The van der Waals surface area contributed by atoms with Gasteiger partial charge in [0.15, 0.2) is 5.78 Å². The molecule has 0 fully saturated rings. The summed E-state index contributed by atoms with van der Waals surface area (Å²) < 4.78 is 4.67. The Morgan fingerprint density at radius 1 is 1.47 bits per heavy atom. The highest BCUT2D eigenvalue weighted by atomic mass is 16.6. The molecule has 1 aliphatic heterocycles. The van der Waals surface area contributed by atoms with Crippen LogP contribution >= 0.6 is 0 Å². The monoisotopic (exact) mass is 264 g/mol. The van der Waals surface area contributed by atoms with Crippen molar-refractivity contribution in [3.63, 3.8) is 0 Å². The maximum atomic E-state index is 11.5. The van der Waals surface area contributed by atoms with Crippen molar-refractivity contribution in [2.24, 2.45) is 11.3 Å². The first-order valence-corrected chi connectivity index (χ1v) is 6.64. The average Bonchev–Trinajstić information content (AvgIpc) is 2.62. The van der Waals surface area contributed by atoms with E-state index in [4.69, 9.17) is 0 Å². The van der Waals surface area contributed by atoms with Gasteiger partial charge in [0.2, 0.25) is 6.29 Å². The molecule has 1 N–H and O–H groups in total. The van der Waals surface area contributed by atoms with Crippen LogP contribution in [-0.2, 0) is 14.3 Å². The Balaban J connectivity index is 2.10. The Kier molecular flexibility index (Phi) is 3.63. The summed E-state index contributed by atoms with van der Waals surface area (Å²) in [6, 6.07) is 0. The number of aliphatic hydroxyl groups is 1. The predicted octanol–water partition coefficient (Wildman–Crippen LogP) is 2.13. The summed E-state index contributed by atoms with van der Waals surface area (Å²) in [5, 5.41) is 9.23. The van der Waals surface area contributed by atoms with Crippen molar-refractivity contribution in [1.82, 2.24) is 0 Å². The van der Waals surface area contributed by atoms with E-state index in [1.54, 1.807) is 6.08 Å². The average molecular weight is 264 g/mol. The molecular formula is C15H20O4. The summed E-state index contributed by atoms with van der Waals surface area (Å²) in [5.41, 5.74) is 1.53. The number of carbonyl (C=O) groups excluding carboxylic acids is 2. The zero-order valence-electron chi connectivity index (χ0n) is 11.6. The molecule has 2 rings (SSSR count). The third-order valence-corrected chi connectivity index (χ3v) is 4.62. The molecule has 104 valence electrons. The molecule has 3 atom stereocenters. The van der Waals surface area contributed by atoms with Gasteiger partial charge in [0.25, 0.3) is 0 Å². The number of aliphatic hydroxyl groups excluding tert-OH is 1. The van der Waals surface area contributed by atoms with E-state index in [9.17, 15) is 14.7 Å². The maximum absolute atomic E-state index is 11.5. The first kappa shape index (κ1) is 14.0. The molecule has 4 nitrogen and oxygen atoms in total. The van der Waals surface area contributed by atoms with Crippen LogP contribution < -0.4 is 0 Å². The maximum Gasteiger partial charge on any atom is 0.336 e. The van der Waals surface area contributed by atoms with Crippen LogP contribution in [0.4, 0.5) is 0 Å². The van der Waals surface area contributed by atoms with Gasteiger partial charge in [-0.1, -0.05) is 19.4 Å². The van der Waals surface area contributed by atoms with Crippen molar-refractivity contribution in [2.45, 2.75) is 46.3 Å². The Morgan fingerprint density at radius 3 is 2.68 bits per heavy atom. The molecule has 2 aliphatic rings. The Hall–Kier alpha value is -1.42. The van der Waals surface area contributed by atoms with E-state index in [1.165, 1.54) is 6.08 Å². The standard InChI is InChI=1S/C15H20O4/c1-9-6-12(16)7-10(2)15(9,3)5-4-11-8-13(17)19-14(11)18/h6,8,10,13,17H,4-5,7H2,1-3H3/t10-,13+,15+/m1/s1. The lowest BCUT2D eigenvalue weighted by Gasteiger charge is -2.39. The lowest BCUT2D eigenvalue weighted by molar-refractivity contribution is -0.151. The Labute approximate surface area is 113 Å². The number of hydrogen-bond acceptors (Lipinski definition) is 4. The number of esters is 1. The van der Waals surface area contributed by atoms with E-state index in [-0.39, 0.29) is 17.1 Å². The first-order valence-electron chi connectivity index (χ1n) is 6.64. The molecule has 4 heteroatoms. The van der Waals surface area contributed by atoms with Gasteiger partial charge < -0.3 is 9.84 Å². The van der Waals surface area contributed by atoms with Gasteiger partial charge in [-0.15, -0.1) is 0 Å². The number of allylic oxidation sites excluding steroid dienone is 2. The summed E-state index contributed by atoms with van der Waals surface area (Å²) >= 11 is 0. The SMILES string of the molecule is CC1=CC(=O)C[C@@H](C)[C@@]1(C)CCC1=C[C@@H](O)OC1=O. The molecule has 0 amide bonds. The minimum Gasteiger partial charge on any atom is -0.429 e. The van der Waals surface area contributed by atoms with Gasteiger partial charge in [-0.05, 0) is 43.3 Å². The summed E-state index contributed by atoms with van der Waals surface area (Å²) in [5.74, 6) is 0.00241. The molecule has 19 heavy (non-hydrogen) atoms. The van der Waals surface area contributed by atoms with E-state index in [0.29, 0.717) is 18.4 Å². The van der Waals surface area contributed by atoms with Crippen LogP contribution in [0.1, 0.15) is 40.0 Å². The lowest BCUT2D eigenvalue weighted by Crippen LogP contribution is -2.32. The van der Waals surface area contributed by atoms with Crippen molar-refractivity contribution in [3.05, 3.63) is 23.3 Å². The Bertz CT molecular complexity index is 475. The van der Waals surface area contributed by atoms with Gasteiger partial charge in [0.1, 0.15) is 0 Å². The van der Waals surface area contributed by atoms with Crippen LogP contribution in [-0.4, -0.2) is 23.1 Å². The fourth-order valence-electron chi connectivity index (χ4n) is 2.86. The third-order valence-electron chi connectivity index (χ3n) is 4.62. The van der Waals surface area contributed by atoms with Crippen molar-refractivity contribution < 1.29 is 19.4 Å². The molecular weight excluding hydrogens is 244 g/mol. The predicted molar refractivity (Wildman–Crippen MR) is 70.1 cm³/mol. The lowest BCUT2D eigenvalue weighted by atomic mass is 9.64. The summed E-state index contributed by atoms with van der Waals surface area (Å²) in [4.78, 5) is 23.0. The van der Waals surface area contributed by atoms with Gasteiger partial charge in [0.05, 0.1) is 0 Å². The smallest absolute Gasteiger partial charge is 0.336 e. The van der Waals surface area contributed by atoms with E-state index in [1.807, 2.05) is 6.92 Å². The van der Waals surface area contributed by atoms with Gasteiger partial charge >= 0.3 is 5.97 Å². The summed E-state index contributed by atoms with van der Waals surface area (Å²) in [6.07, 6.45) is 3.98. The van der Waals surface area contributed by atoms with Crippen molar-refractivity contribution in [2.75, 3.05) is 0 Å². The van der Waals surface area contributed by atoms with Crippen LogP contribution in [0.15, 0.2) is 23.3 Å². The zero-order valence-corrected chi connectivity index (χ0v) is 11.6. The molecule has 0 spiro atoms. The number of carbonyl (C=O) groups is 2. The molecule has 1 heterocycles. The molecule has 0 saturated carbocycles. The summed E-state index contributed by atoms with van der Waals surface area (Å²) in [6.45, 7) is 6.18. The molecule has 0 aromatic rings. The van der Waals surface area contributed by atoms with E-state index < -0.39 is 12.3 Å². The van der Waals surface area contributed by atoms with Crippen LogP contribution in [0.3, 0.4) is 0 Å². The molecule has 0 saturated heterocycles. The second kappa shape index (κ2) is 4.93. The molecule has 1 aliphatic carbocycles. The largest absolute Gasteiger partial charge is 0.429 e. The van der Waals surface area contributed by atoms with Crippen LogP contribution in [0.5, 0.6) is 0 Å². The number of ether oxygens (including phenoxy) is 1. The van der Waals surface area contributed by atoms with Crippen molar-refractivity contribution in [1.29, 1.82) is 0 Å². The molecule has 0 radical (unpaired) electrons. The highest BCUT2D eigenvalue weighted by Gasteiger charge is 2.38. The van der Waals surface area contributed by atoms with Crippen LogP contribution in [0, 0.1) is 11.3 Å². The minimum atomic E-state index is -1.10. The molecule has 0 unspecified atom stereocenters. The fraction of sp³-hybridized carbons (Fsp3) is 0.600. The highest BCUT2D eigenvalue weighted by Crippen LogP contribution is 2.45. The quantitative estimate of drug-likeness (QED) is 0.793. The highest BCUT2D eigenvalue weighted by molar-refractivity contribution is 5.92. The number of hydrogen-bond donors (Lipinski definition) is 1. The van der Waals surface area contributed by atoms with Crippen LogP contribution in [0.25, 0.3) is 0 Å². The van der Waals surface area contributed by atoms with E-state index in [2.05, 4.69) is 18.6 Å². The zero-order chi connectivity index (χ0) is 14.2. The van der Waals surface area contributed by atoms with Gasteiger partial charge in [-0.3, -0.25) is 4.79 Å². The number of cyclic esters (lactones) is 1. The third kappa shape index (κ3) is 2.63.